The molecule has 1 aromatic rings. The maximum Gasteiger partial charge on any atom is 0.142 e. The fourth-order valence-electron chi connectivity index (χ4n) is 1.19. The molecule has 13 heavy (non-hydrogen) atoms. The average molecular weight is 209 g/mol. The van der Waals surface area contributed by atoms with Crippen molar-refractivity contribution in [2.24, 2.45) is 0 Å². The Morgan fingerprint density at radius 2 is 1.62 bits per heavy atom. The van der Waals surface area contributed by atoms with Gasteiger partial charge >= 0.3 is 0 Å². The quantitative estimate of drug-likeness (QED) is 0.695. The van der Waals surface area contributed by atoms with Crippen molar-refractivity contribution in [1.29, 1.82) is 0 Å². The van der Waals surface area contributed by atoms with Crippen LogP contribution in [0, 0.1) is 0 Å². The third kappa shape index (κ3) is 3.89. The van der Waals surface area contributed by atoms with Crippen molar-refractivity contribution in [1.82, 2.24) is 0 Å². The molecule has 0 bridgehead atoms. The van der Waals surface area contributed by atoms with Crippen LogP contribution < -0.4 is 5.19 Å². The number of hydrogen-bond acceptors (Lipinski definition) is 1. The van der Waals surface area contributed by atoms with E-state index in [1.807, 2.05) is 6.07 Å². The first-order valence-corrected chi connectivity index (χ1v) is 9.89. The van der Waals surface area contributed by atoms with Gasteiger partial charge in [0.25, 0.3) is 0 Å². The predicted octanol–water partition coefficient (Wildman–Crippen LogP) is 2.37. The van der Waals surface area contributed by atoms with Crippen molar-refractivity contribution >= 4 is 22.5 Å². The van der Waals surface area contributed by atoms with E-state index in [1.54, 1.807) is 0 Å². The molecule has 0 fully saturated rings. The van der Waals surface area contributed by atoms with Crippen molar-refractivity contribution in [3.05, 3.63) is 30.3 Å². The van der Waals surface area contributed by atoms with Crippen molar-refractivity contribution < 1.29 is 4.12 Å². The molecule has 0 N–H and O–H groups in total. The molecule has 0 aliphatic rings. The van der Waals surface area contributed by atoms with Gasteiger partial charge in [-0.1, -0.05) is 30.3 Å². The number of hydrogen-bond donors (Lipinski definition) is 0. The highest BCUT2D eigenvalue weighted by Crippen LogP contribution is 2.04. The Kier molecular flexibility index (Phi) is 3.47. The van der Waals surface area contributed by atoms with Crippen LogP contribution in [0.25, 0.3) is 0 Å². The zero-order chi connectivity index (χ0) is 9.90. The van der Waals surface area contributed by atoms with E-state index in [-0.39, 0.29) is 0 Å². The zero-order valence-corrected chi connectivity index (χ0v) is 10.8. The summed E-state index contributed by atoms with van der Waals surface area (Å²) < 4.78 is 6.06. The molecule has 0 atom stereocenters. The lowest BCUT2D eigenvalue weighted by molar-refractivity contribution is 0.589. The van der Waals surface area contributed by atoms with Crippen LogP contribution in [0.4, 0.5) is 0 Å². The van der Waals surface area contributed by atoms with Gasteiger partial charge in [-0.15, -0.1) is 0 Å². The molecule has 0 aromatic heterocycles. The zero-order valence-electron chi connectivity index (χ0n) is 8.79. The van der Waals surface area contributed by atoms with Gasteiger partial charge in [-0.05, 0) is 19.6 Å². The largest absolute Gasteiger partial charge is 0.605 e. The van der Waals surface area contributed by atoms with Crippen LogP contribution in [-0.2, 0) is 4.12 Å². The van der Waals surface area contributed by atoms with Gasteiger partial charge in [0, 0.05) is 0 Å². The van der Waals surface area contributed by atoms with Gasteiger partial charge in [0.15, 0.2) is 0 Å². The molecule has 0 unspecified atom stereocenters. The smallest absolute Gasteiger partial charge is 0.142 e. The third-order valence-electron chi connectivity index (χ3n) is 1.64. The Bertz CT molecular complexity index is 253. The molecule has 0 amide bonds. The Morgan fingerprint density at radius 3 is 2.08 bits per heavy atom. The lowest BCUT2D eigenvalue weighted by Gasteiger charge is -2.36. The molecule has 0 aliphatic carbocycles. The highest BCUT2D eigenvalue weighted by molar-refractivity contribution is 6.81. The van der Waals surface area contributed by atoms with Crippen LogP contribution in [0.5, 0.6) is 0 Å². The predicted molar refractivity (Wildman–Crippen MR) is 62.1 cm³/mol. The molecular weight excluding hydrogens is 192 g/mol. The second-order valence-electron chi connectivity index (χ2n) is 4.14. The first kappa shape index (κ1) is 10.7. The summed E-state index contributed by atoms with van der Waals surface area (Å²) in [6.45, 7) is 8.94. The van der Waals surface area contributed by atoms with E-state index in [1.165, 1.54) is 5.19 Å². The van der Waals surface area contributed by atoms with E-state index in [9.17, 15) is 0 Å². The minimum absolute atomic E-state index is 0.763. The van der Waals surface area contributed by atoms with Crippen LogP contribution in [0.2, 0.25) is 26.2 Å². The number of benzene rings is 1. The van der Waals surface area contributed by atoms with Crippen molar-refractivity contribution in [3.63, 3.8) is 0 Å². The van der Waals surface area contributed by atoms with Crippen LogP contribution in [0.3, 0.4) is 0 Å². The van der Waals surface area contributed by atoms with Crippen LogP contribution in [-0.4, -0.2) is 17.4 Å². The molecular formula is C10H17OSi2-. The molecule has 1 rings (SSSR count). The van der Waals surface area contributed by atoms with Crippen molar-refractivity contribution in [2.75, 3.05) is 0 Å². The molecule has 0 spiro atoms. The van der Waals surface area contributed by atoms with E-state index >= 15 is 0 Å². The summed E-state index contributed by atoms with van der Waals surface area (Å²) in [6, 6.07) is 10.5. The first-order valence-electron chi connectivity index (χ1n) is 4.57. The van der Waals surface area contributed by atoms with Gasteiger partial charge in [-0.25, -0.2) is 0 Å². The van der Waals surface area contributed by atoms with E-state index in [4.69, 9.17) is 4.12 Å². The van der Waals surface area contributed by atoms with Gasteiger partial charge in [-0.3, -0.25) is 0 Å². The minimum Gasteiger partial charge on any atom is -0.605 e. The summed E-state index contributed by atoms with van der Waals surface area (Å²) in [4.78, 5) is 0. The lowest BCUT2D eigenvalue weighted by atomic mass is 10.4. The summed E-state index contributed by atoms with van der Waals surface area (Å²) in [5, 5.41) is 1.37. The molecule has 0 heterocycles. The maximum absolute atomic E-state index is 6.06. The minimum atomic E-state index is -1.36. The Balaban J connectivity index is 2.64. The lowest BCUT2D eigenvalue weighted by Crippen LogP contribution is -2.40. The SMILES string of the molecule is C[Si-](O[Si](C)(C)C)c1ccccc1. The fraction of sp³-hybridized carbons (Fsp3) is 0.400. The molecule has 1 nitrogen and oxygen atoms in total. The Labute approximate surface area is 83.6 Å². The molecule has 0 saturated carbocycles. The standard InChI is InChI=1S/C10H17OSi2/c1-12(11-13(2,3)4)10-8-6-5-7-9-10/h5-9H,1-4H3/q-1. The molecule has 72 valence electrons. The van der Waals surface area contributed by atoms with E-state index in [0.717, 1.165) is 0 Å². The first-order chi connectivity index (χ1) is 5.99. The van der Waals surface area contributed by atoms with E-state index in [2.05, 4.69) is 50.5 Å². The maximum atomic E-state index is 6.06. The second kappa shape index (κ2) is 4.22. The average Bonchev–Trinajstić information content (AvgIpc) is 2.03. The van der Waals surface area contributed by atoms with Crippen molar-refractivity contribution in [2.45, 2.75) is 26.2 Å². The molecule has 0 aliphatic heterocycles. The number of rotatable bonds is 3. The van der Waals surface area contributed by atoms with Crippen molar-refractivity contribution in [3.8, 4) is 0 Å². The topological polar surface area (TPSA) is 9.23 Å². The Hall–Kier alpha value is -0.386. The van der Waals surface area contributed by atoms with Gasteiger partial charge < -0.3 is 4.12 Å². The van der Waals surface area contributed by atoms with E-state index in [0.29, 0.717) is 0 Å². The molecule has 0 saturated heterocycles. The fourth-order valence-corrected chi connectivity index (χ4v) is 6.00. The summed E-state index contributed by atoms with van der Waals surface area (Å²) in [7, 11) is -2.12. The summed E-state index contributed by atoms with van der Waals surface area (Å²) in [5.74, 6) is 0. The summed E-state index contributed by atoms with van der Waals surface area (Å²) in [6.07, 6.45) is 0. The summed E-state index contributed by atoms with van der Waals surface area (Å²) in [5.41, 5.74) is 0. The van der Waals surface area contributed by atoms with Gasteiger partial charge in [0.2, 0.25) is 0 Å². The van der Waals surface area contributed by atoms with E-state index < -0.39 is 17.4 Å². The highest BCUT2D eigenvalue weighted by Gasteiger charge is 2.10. The molecule has 0 radical (unpaired) electrons. The van der Waals surface area contributed by atoms with Crippen LogP contribution >= 0.6 is 0 Å². The normalized spacial score (nSPS) is 11.4. The summed E-state index contributed by atoms with van der Waals surface area (Å²) >= 11 is 0. The molecule has 1 aromatic carbocycles. The van der Waals surface area contributed by atoms with Gasteiger partial charge in [-0.2, -0.15) is 20.8 Å². The third-order valence-corrected chi connectivity index (χ3v) is 6.46. The monoisotopic (exact) mass is 209 g/mol. The Morgan fingerprint density at radius 1 is 1.08 bits per heavy atom. The van der Waals surface area contributed by atoms with Crippen LogP contribution in [0.1, 0.15) is 0 Å². The van der Waals surface area contributed by atoms with Gasteiger partial charge in [0.05, 0.1) is 0 Å². The second-order valence-corrected chi connectivity index (χ2v) is 10.9. The molecule has 3 heteroatoms. The van der Waals surface area contributed by atoms with Gasteiger partial charge in [0.1, 0.15) is 8.32 Å². The van der Waals surface area contributed by atoms with Crippen LogP contribution in [0.15, 0.2) is 30.3 Å². The highest BCUT2D eigenvalue weighted by atomic mass is 28.4.